The SMILES string of the molecule is N=C(N)NCCCC(=O)N1CCCC(C(=O)NC(CCCCN)CC(=O)O)C1. The van der Waals surface area contributed by atoms with Crippen molar-refractivity contribution in [1.82, 2.24) is 15.5 Å². The van der Waals surface area contributed by atoms with E-state index < -0.39 is 12.0 Å². The minimum Gasteiger partial charge on any atom is -0.481 e. The van der Waals surface area contributed by atoms with Gasteiger partial charge in [-0.25, -0.2) is 0 Å². The van der Waals surface area contributed by atoms with Crippen molar-refractivity contribution >= 4 is 23.7 Å². The fraction of sp³-hybridized carbons (Fsp3) is 0.778. The molecule has 1 rings (SSSR count). The molecule has 28 heavy (non-hydrogen) atoms. The predicted molar refractivity (Wildman–Crippen MR) is 106 cm³/mol. The van der Waals surface area contributed by atoms with E-state index in [4.69, 9.17) is 22.0 Å². The lowest BCUT2D eigenvalue weighted by atomic mass is 9.95. The average molecular weight is 399 g/mol. The van der Waals surface area contributed by atoms with Crippen molar-refractivity contribution in [2.75, 3.05) is 26.2 Å². The second-order valence-corrected chi connectivity index (χ2v) is 7.21. The molecule has 2 atom stereocenters. The molecule has 10 heteroatoms. The molecule has 0 aromatic rings. The van der Waals surface area contributed by atoms with Crippen LogP contribution < -0.4 is 22.1 Å². The van der Waals surface area contributed by atoms with Crippen LogP contribution >= 0.6 is 0 Å². The molecule has 1 saturated heterocycles. The molecular weight excluding hydrogens is 364 g/mol. The summed E-state index contributed by atoms with van der Waals surface area (Å²) >= 11 is 0. The molecule has 8 N–H and O–H groups in total. The Kier molecular flexibility index (Phi) is 10.9. The molecule has 2 amide bonds. The number of nitrogens with one attached hydrogen (secondary N) is 3. The number of carbonyl (C=O) groups excluding carboxylic acids is 2. The third kappa shape index (κ3) is 9.54. The lowest BCUT2D eigenvalue weighted by Gasteiger charge is -2.33. The number of amides is 2. The zero-order chi connectivity index (χ0) is 20.9. The standard InChI is InChI=1S/C18H34N6O4/c19-8-2-1-6-14(11-16(26)27)23-17(28)13-5-4-10-24(12-13)15(25)7-3-9-22-18(20)21/h13-14H,1-12,19H2,(H,23,28)(H,26,27)(H4,20,21,22). The second-order valence-electron chi connectivity index (χ2n) is 7.21. The number of carboxylic acids is 1. The largest absolute Gasteiger partial charge is 0.481 e. The maximum atomic E-state index is 12.6. The molecule has 0 aliphatic carbocycles. The van der Waals surface area contributed by atoms with Crippen LogP contribution in [0, 0.1) is 11.3 Å². The number of likely N-dealkylation sites (tertiary alicyclic amines) is 1. The van der Waals surface area contributed by atoms with Crippen molar-refractivity contribution < 1.29 is 19.5 Å². The highest BCUT2D eigenvalue weighted by Gasteiger charge is 2.29. The highest BCUT2D eigenvalue weighted by atomic mass is 16.4. The van der Waals surface area contributed by atoms with Crippen molar-refractivity contribution in [2.45, 2.75) is 57.4 Å². The minimum absolute atomic E-state index is 0.0205. The summed E-state index contributed by atoms with van der Waals surface area (Å²) in [4.78, 5) is 37.7. The van der Waals surface area contributed by atoms with E-state index in [-0.39, 0.29) is 30.1 Å². The van der Waals surface area contributed by atoms with Crippen molar-refractivity contribution in [3.8, 4) is 0 Å². The van der Waals surface area contributed by atoms with Crippen LogP contribution in [0.1, 0.15) is 51.4 Å². The monoisotopic (exact) mass is 398 g/mol. The summed E-state index contributed by atoms with van der Waals surface area (Å²) in [6.45, 7) is 1.97. The summed E-state index contributed by atoms with van der Waals surface area (Å²) in [6, 6.07) is -0.416. The van der Waals surface area contributed by atoms with Gasteiger partial charge in [-0.2, -0.15) is 0 Å². The Balaban J connectivity index is 2.49. The van der Waals surface area contributed by atoms with Crippen LogP contribution in [0.5, 0.6) is 0 Å². The molecule has 0 saturated carbocycles. The van der Waals surface area contributed by atoms with Crippen LogP contribution in [0.2, 0.25) is 0 Å². The Hall–Kier alpha value is -2.36. The van der Waals surface area contributed by atoms with E-state index in [1.165, 1.54) is 0 Å². The van der Waals surface area contributed by atoms with Crippen LogP contribution in [0.4, 0.5) is 0 Å². The summed E-state index contributed by atoms with van der Waals surface area (Å²) in [5, 5.41) is 21.7. The van der Waals surface area contributed by atoms with Gasteiger partial charge in [-0.15, -0.1) is 0 Å². The fourth-order valence-corrected chi connectivity index (χ4v) is 3.33. The van der Waals surface area contributed by atoms with Gasteiger partial charge in [-0.3, -0.25) is 19.8 Å². The zero-order valence-corrected chi connectivity index (χ0v) is 16.4. The molecule has 0 bridgehead atoms. The molecule has 0 aromatic carbocycles. The third-order valence-corrected chi connectivity index (χ3v) is 4.80. The molecule has 1 aliphatic heterocycles. The molecule has 0 spiro atoms. The number of nitrogens with two attached hydrogens (primary N) is 2. The molecule has 1 heterocycles. The first-order valence-electron chi connectivity index (χ1n) is 9.91. The van der Waals surface area contributed by atoms with Gasteiger partial charge in [0.05, 0.1) is 12.3 Å². The number of nitrogens with zero attached hydrogens (tertiary/aromatic N) is 1. The number of carbonyl (C=O) groups is 3. The topological polar surface area (TPSA) is 175 Å². The van der Waals surface area contributed by atoms with Gasteiger partial charge in [0.15, 0.2) is 5.96 Å². The lowest BCUT2D eigenvalue weighted by Crippen LogP contribution is -2.48. The molecule has 1 aliphatic rings. The van der Waals surface area contributed by atoms with Crippen LogP contribution in [-0.2, 0) is 14.4 Å². The summed E-state index contributed by atoms with van der Waals surface area (Å²) in [5.74, 6) is -1.59. The van der Waals surface area contributed by atoms with E-state index in [1.807, 2.05) is 0 Å². The molecule has 10 nitrogen and oxygen atoms in total. The van der Waals surface area contributed by atoms with Crippen molar-refractivity contribution in [3.63, 3.8) is 0 Å². The van der Waals surface area contributed by atoms with Gasteiger partial charge < -0.3 is 32.1 Å². The number of hydrogen-bond acceptors (Lipinski definition) is 5. The van der Waals surface area contributed by atoms with Crippen LogP contribution in [0.25, 0.3) is 0 Å². The van der Waals surface area contributed by atoms with E-state index in [0.29, 0.717) is 51.9 Å². The average Bonchev–Trinajstić information content (AvgIpc) is 2.64. The van der Waals surface area contributed by atoms with Gasteiger partial charge >= 0.3 is 5.97 Å². The molecular formula is C18H34N6O4. The Morgan fingerprint density at radius 2 is 2.00 bits per heavy atom. The Morgan fingerprint density at radius 1 is 1.25 bits per heavy atom. The maximum Gasteiger partial charge on any atom is 0.305 e. The van der Waals surface area contributed by atoms with Gasteiger partial charge in [0.2, 0.25) is 11.8 Å². The normalized spacial score (nSPS) is 17.6. The van der Waals surface area contributed by atoms with E-state index >= 15 is 0 Å². The number of rotatable bonds is 12. The minimum atomic E-state index is -0.947. The number of unbranched alkanes of at least 4 members (excludes halogenated alkanes) is 1. The Labute approximate surface area is 165 Å². The molecule has 0 radical (unpaired) electrons. The Bertz CT molecular complexity index is 542. The molecule has 2 unspecified atom stereocenters. The van der Waals surface area contributed by atoms with Crippen molar-refractivity contribution in [2.24, 2.45) is 17.4 Å². The third-order valence-electron chi connectivity index (χ3n) is 4.80. The summed E-state index contributed by atoms with van der Waals surface area (Å²) in [6.07, 6.45) is 4.33. The summed E-state index contributed by atoms with van der Waals surface area (Å²) < 4.78 is 0. The second kappa shape index (κ2) is 12.9. The van der Waals surface area contributed by atoms with E-state index in [0.717, 1.165) is 19.3 Å². The number of hydrogen-bond donors (Lipinski definition) is 6. The van der Waals surface area contributed by atoms with Gasteiger partial charge in [-0.05, 0) is 38.6 Å². The van der Waals surface area contributed by atoms with Crippen LogP contribution in [0.15, 0.2) is 0 Å². The van der Waals surface area contributed by atoms with E-state index in [9.17, 15) is 14.4 Å². The number of carboxylic acid groups (broad SMARTS) is 1. The van der Waals surface area contributed by atoms with Gasteiger partial charge in [0, 0.05) is 32.1 Å². The molecule has 0 aromatic heterocycles. The first kappa shape index (κ1) is 23.7. The number of guanidine groups is 1. The van der Waals surface area contributed by atoms with E-state index in [1.54, 1.807) is 4.90 Å². The predicted octanol–water partition coefficient (Wildman–Crippen LogP) is -0.423. The highest BCUT2D eigenvalue weighted by Crippen LogP contribution is 2.18. The number of piperidine rings is 1. The maximum absolute atomic E-state index is 12.6. The van der Waals surface area contributed by atoms with Gasteiger partial charge in [-0.1, -0.05) is 6.42 Å². The summed E-state index contributed by atoms with van der Waals surface area (Å²) in [5.41, 5.74) is 10.7. The van der Waals surface area contributed by atoms with Gasteiger partial charge in [0.25, 0.3) is 0 Å². The first-order chi connectivity index (χ1) is 13.3. The van der Waals surface area contributed by atoms with E-state index in [2.05, 4.69) is 10.6 Å². The van der Waals surface area contributed by atoms with Crippen molar-refractivity contribution in [3.05, 3.63) is 0 Å². The quantitative estimate of drug-likeness (QED) is 0.147. The van der Waals surface area contributed by atoms with Gasteiger partial charge in [0.1, 0.15) is 0 Å². The smallest absolute Gasteiger partial charge is 0.305 e. The number of aliphatic carboxylic acids is 1. The van der Waals surface area contributed by atoms with Crippen LogP contribution in [-0.4, -0.2) is 66.0 Å². The Morgan fingerprint density at radius 3 is 2.64 bits per heavy atom. The first-order valence-corrected chi connectivity index (χ1v) is 9.91. The molecule has 160 valence electrons. The lowest BCUT2D eigenvalue weighted by molar-refractivity contribution is -0.138. The van der Waals surface area contributed by atoms with Crippen LogP contribution in [0.3, 0.4) is 0 Å². The summed E-state index contributed by atoms with van der Waals surface area (Å²) in [7, 11) is 0. The highest BCUT2D eigenvalue weighted by molar-refractivity contribution is 5.82. The molecule has 1 fully saturated rings. The zero-order valence-electron chi connectivity index (χ0n) is 16.4. The fourth-order valence-electron chi connectivity index (χ4n) is 3.33. The van der Waals surface area contributed by atoms with Crippen molar-refractivity contribution in [1.29, 1.82) is 5.41 Å².